The molecule has 1 amide bonds. The Bertz CT molecular complexity index is 500. The lowest BCUT2D eigenvalue weighted by Gasteiger charge is -2.29. The molecular weight excluding hydrogens is 250 g/mol. The van der Waals surface area contributed by atoms with Crippen LogP contribution in [0.1, 0.15) is 17.5 Å². The first-order chi connectivity index (χ1) is 9.65. The van der Waals surface area contributed by atoms with Crippen molar-refractivity contribution in [2.45, 2.75) is 31.5 Å². The zero-order valence-electron chi connectivity index (χ0n) is 12.3. The van der Waals surface area contributed by atoms with Gasteiger partial charge >= 0.3 is 0 Å². The van der Waals surface area contributed by atoms with Gasteiger partial charge in [-0.1, -0.05) is 24.3 Å². The lowest BCUT2D eigenvalue weighted by Crippen LogP contribution is -2.49. The summed E-state index contributed by atoms with van der Waals surface area (Å²) in [4.78, 5) is 16.9. The minimum absolute atomic E-state index is 0.0502. The average Bonchev–Trinajstić information content (AvgIpc) is 2.96. The topological polar surface area (TPSA) is 35.6 Å². The van der Waals surface area contributed by atoms with Crippen molar-refractivity contribution < 1.29 is 4.79 Å². The van der Waals surface area contributed by atoms with E-state index in [2.05, 4.69) is 48.6 Å². The molecule has 1 aromatic rings. The number of fused-ring (bicyclic) bond motifs is 1. The van der Waals surface area contributed by atoms with Gasteiger partial charge in [0.15, 0.2) is 0 Å². The van der Waals surface area contributed by atoms with Crippen molar-refractivity contribution in [2.75, 3.05) is 27.2 Å². The third kappa shape index (κ3) is 2.58. The Morgan fingerprint density at radius 1 is 1.30 bits per heavy atom. The SMILES string of the molecule is CN(C)C1CCN(C(=O)[C@@H]2Cc3ccccc3CN2)C1. The zero-order valence-corrected chi connectivity index (χ0v) is 12.3. The van der Waals surface area contributed by atoms with Gasteiger partial charge in [-0.15, -0.1) is 0 Å². The number of likely N-dealkylation sites (tertiary alicyclic amines) is 1. The molecule has 4 nitrogen and oxygen atoms in total. The van der Waals surface area contributed by atoms with Gasteiger partial charge in [0.2, 0.25) is 5.91 Å². The molecule has 3 rings (SSSR count). The van der Waals surface area contributed by atoms with Crippen LogP contribution in [0.4, 0.5) is 0 Å². The molecule has 0 aromatic heterocycles. The maximum Gasteiger partial charge on any atom is 0.240 e. The van der Waals surface area contributed by atoms with Gasteiger partial charge in [0.1, 0.15) is 0 Å². The van der Waals surface area contributed by atoms with Crippen molar-refractivity contribution in [3.63, 3.8) is 0 Å². The molecule has 0 aliphatic carbocycles. The van der Waals surface area contributed by atoms with Crippen molar-refractivity contribution in [3.8, 4) is 0 Å². The molecule has 4 heteroatoms. The summed E-state index contributed by atoms with van der Waals surface area (Å²) in [5, 5.41) is 3.39. The van der Waals surface area contributed by atoms with Crippen LogP contribution in [0.5, 0.6) is 0 Å². The van der Waals surface area contributed by atoms with Gasteiger partial charge in [0.25, 0.3) is 0 Å². The van der Waals surface area contributed by atoms with Crippen LogP contribution in [0.2, 0.25) is 0 Å². The lowest BCUT2D eigenvalue weighted by atomic mass is 9.95. The molecule has 2 aliphatic rings. The first kappa shape index (κ1) is 13.6. The molecule has 2 atom stereocenters. The Morgan fingerprint density at radius 3 is 2.75 bits per heavy atom. The highest BCUT2D eigenvalue weighted by atomic mass is 16.2. The number of amides is 1. The van der Waals surface area contributed by atoms with Gasteiger partial charge in [0, 0.05) is 25.7 Å². The number of likely N-dealkylation sites (N-methyl/N-ethyl adjacent to an activating group) is 1. The van der Waals surface area contributed by atoms with E-state index in [9.17, 15) is 4.79 Å². The Kier molecular flexibility index (Phi) is 3.76. The van der Waals surface area contributed by atoms with E-state index < -0.39 is 0 Å². The van der Waals surface area contributed by atoms with E-state index in [0.29, 0.717) is 6.04 Å². The van der Waals surface area contributed by atoms with Crippen LogP contribution < -0.4 is 5.32 Å². The van der Waals surface area contributed by atoms with E-state index in [-0.39, 0.29) is 11.9 Å². The van der Waals surface area contributed by atoms with Gasteiger partial charge in [-0.3, -0.25) is 4.79 Å². The van der Waals surface area contributed by atoms with Crippen LogP contribution in [0, 0.1) is 0 Å². The van der Waals surface area contributed by atoms with Crippen LogP contribution in [0.3, 0.4) is 0 Å². The third-order valence-corrected chi connectivity index (χ3v) is 4.58. The molecule has 1 saturated heterocycles. The second-order valence-electron chi connectivity index (χ2n) is 6.10. The molecular formula is C16H23N3O. The first-order valence-electron chi connectivity index (χ1n) is 7.40. The van der Waals surface area contributed by atoms with Crippen LogP contribution in [0.15, 0.2) is 24.3 Å². The van der Waals surface area contributed by atoms with Gasteiger partial charge in [-0.05, 0) is 38.1 Å². The molecule has 0 spiro atoms. The molecule has 1 unspecified atom stereocenters. The smallest absolute Gasteiger partial charge is 0.240 e. The Labute approximate surface area is 120 Å². The van der Waals surface area contributed by atoms with E-state index in [1.807, 2.05) is 4.90 Å². The number of hydrogen-bond donors (Lipinski definition) is 1. The van der Waals surface area contributed by atoms with Crippen molar-refractivity contribution in [2.24, 2.45) is 0 Å². The van der Waals surface area contributed by atoms with Crippen LogP contribution in [-0.2, 0) is 17.8 Å². The normalized spacial score (nSPS) is 25.9. The molecule has 0 radical (unpaired) electrons. The molecule has 20 heavy (non-hydrogen) atoms. The molecule has 1 fully saturated rings. The molecule has 1 N–H and O–H groups in total. The van der Waals surface area contributed by atoms with E-state index in [4.69, 9.17) is 0 Å². The van der Waals surface area contributed by atoms with Gasteiger partial charge in [0.05, 0.1) is 6.04 Å². The second-order valence-corrected chi connectivity index (χ2v) is 6.10. The summed E-state index contributed by atoms with van der Waals surface area (Å²) in [5.41, 5.74) is 2.64. The summed E-state index contributed by atoms with van der Waals surface area (Å²) in [6, 6.07) is 8.86. The molecule has 108 valence electrons. The fourth-order valence-electron chi connectivity index (χ4n) is 3.21. The fraction of sp³-hybridized carbons (Fsp3) is 0.562. The number of rotatable bonds is 2. The number of benzene rings is 1. The summed E-state index contributed by atoms with van der Waals surface area (Å²) in [6.45, 7) is 2.56. The maximum absolute atomic E-state index is 12.6. The predicted octanol–water partition coefficient (Wildman–Crippen LogP) is 0.863. The second kappa shape index (κ2) is 5.54. The van der Waals surface area contributed by atoms with Gasteiger partial charge < -0.3 is 15.1 Å². The van der Waals surface area contributed by atoms with Crippen molar-refractivity contribution >= 4 is 5.91 Å². The van der Waals surface area contributed by atoms with E-state index >= 15 is 0 Å². The number of nitrogens with one attached hydrogen (secondary N) is 1. The van der Waals surface area contributed by atoms with Gasteiger partial charge in [-0.2, -0.15) is 0 Å². The highest BCUT2D eigenvalue weighted by Crippen LogP contribution is 2.20. The van der Waals surface area contributed by atoms with Crippen LogP contribution in [0.25, 0.3) is 0 Å². The molecule has 0 saturated carbocycles. The number of carbonyl (C=O) groups excluding carboxylic acids is 1. The van der Waals surface area contributed by atoms with Crippen molar-refractivity contribution in [1.29, 1.82) is 0 Å². The largest absolute Gasteiger partial charge is 0.340 e. The maximum atomic E-state index is 12.6. The Morgan fingerprint density at radius 2 is 2.05 bits per heavy atom. The highest BCUT2D eigenvalue weighted by molar-refractivity contribution is 5.83. The number of nitrogens with zero attached hydrogens (tertiary/aromatic N) is 2. The Hall–Kier alpha value is -1.39. The summed E-state index contributed by atoms with van der Waals surface area (Å²) < 4.78 is 0. The van der Waals surface area contributed by atoms with E-state index in [1.54, 1.807) is 0 Å². The number of hydrogen-bond acceptors (Lipinski definition) is 3. The quantitative estimate of drug-likeness (QED) is 0.868. The van der Waals surface area contributed by atoms with E-state index in [0.717, 1.165) is 32.5 Å². The minimum Gasteiger partial charge on any atom is -0.340 e. The zero-order chi connectivity index (χ0) is 14.1. The molecule has 2 heterocycles. The van der Waals surface area contributed by atoms with Crippen molar-refractivity contribution in [1.82, 2.24) is 15.1 Å². The summed E-state index contributed by atoms with van der Waals surface area (Å²) in [7, 11) is 4.18. The predicted molar refractivity (Wildman–Crippen MR) is 79.4 cm³/mol. The van der Waals surface area contributed by atoms with Gasteiger partial charge in [-0.25, -0.2) is 0 Å². The monoisotopic (exact) mass is 273 g/mol. The standard InChI is InChI=1S/C16H23N3O/c1-18(2)14-7-8-19(11-14)16(20)15-9-12-5-3-4-6-13(12)10-17-15/h3-6,14-15,17H,7-11H2,1-2H3/t14?,15-/m0/s1. The molecule has 2 aliphatic heterocycles. The summed E-state index contributed by atoms with van der Waals surface area (Å²) >= 11 is 0. The Balaban J connectivity index is 1.65. The number of carbonyl (C=O) groups is 1. The summed E-state index contributed by atoms with van der Waals surface area (Å²) in [5.74, 6) is 0.267. The van der Waals surface area contributed by atoms with E-state index in [1.165, 1.54) is 11.1 Å². The average molecular weight is 273 g/mol. The molecule has 1 aromatic carbocycles. The molecule has 0 bridgehead atoms. The van der Waals surface area contributed by atoms with Crippen LogP contribution >= 0.6 is 0 Å². The van der Waals surface area contributed by atoms with Crippen LogP contribution in [-0.4, -0.2) is 55.0 Å². The third-order valence-electron chi connectivity index (χ3n) is 4.58. The lowest BCUT2D eigenvalue weighted by molar-refractivity contribution is -0.132. The summed E-state index contributed by atoms with van der Waals surface area (Å²) in [6.07, 6.45) is 1.90. The first-order valence-corrected chi connectivity index (χ1v) is 7.40. The van der Waals surface area contributed by atoms with Crippen molar-refractivity contribution in [3.05, 3.63) is 35.4 Å². The highest BCUT2D eigenvalue weighted by Gasteiger charge is 2.33. The fourth-order valence-corrected chi connectivity index (χ4v) is 3.21. The minimum atomic E-state index is -0.0502.